The quantitative estimate of drug-likeness (QED) is 0.808. The molecule has 7 nitrogen and oxygen atoms in total. The van der Waals surface area contributed by atoms with Gasteiger partial charge in [-0.25, -0.2) is 4.68 Å². The van der Waals surface area contributed by atoms with E-state index in [4.69, 9.17) is 4.74 Å². The third-order valence-corrected chi connectivity index (χ3v) is 4.85. The van der Waals surface area contributed by atoms with Crippen LogP contribution in [0.4, 0.5) is 0 Å². The van der Waals surface area contributed by atoms with Gasteiger partial charge in [0.05, 0.1) is 18.8 Å². The van der Waals surface area contributed by atoms with E-state index in [1.54, 1.807) is 0 Å². The minimum Gasteiger partial charge on any atom is -0.375 e. The molecule has 0 bridgehead atoms. The molecule has 1 atom stereocenters. The summed E-state index contributed by atoms with van der Waals surface area (Å²) >= 11 is 0. The molecule has 2 aromatic rings. The Hall–Kier alpha value is -2.15. The Morgan fingerprint density at radius 2 is 2.25 bits per heavy atom. The van der Waals surface area contributed by atoms with E-state index in [9.17, 15) is 4.79 Å². The number of carbonyl (C=O) groups is 1. The molecule has 2 fully saturated rings. The lowest BCUT2D eigenvalue weighted by atomic mass is 10.3. The standard InChI is InChI=1S/C17H23N5O2/c1-20-7-2-3-16(20)17(23)21-8-6-15(10-21)22-9-14(18-19-22)12-24-11-13-4-5-13/h2-3,7,9,13,15H,4-6,8,10-12H2,1H3. The minimum absolute atomic E-state index is 0.0816. The van der Waals surface area contributed by atoms with Crippen LogP contribution in [0.15, 0.2) is 24.5 Å². The lowest BCUT2D eigenvalue weighted by molar-refractivity contribution is 0.0777. The highest BCUT2D eigenvalue weighted by Gasteiger charge is 2.29. The predicted molar refractivity (Wildman–Crippen MR) is 87.4 cm³/mol. The molecule has 2 aliphatic rings. The number of ether oxygens (including phenoxy) is 1. The summed E-state index contributed by atoms with van der Waals surface area (Å²) in [4.78, 5) is 14.5. The molecule has 128 valence electrons. The van der Waals surface area contributed by atoms with E-state index in [2.05, 4.69) is 10.3 Å². The van der Waals surface area contributed by atoms with Gasteiger partial charge in [0.1, 0.15) is 11.4 Å². The van der Waals surface area contributed by atoms with Crippen molar-refractivity contribution in [1.82, 2.24) is 24.5 Å². The zero-order chi connectivity index (χ0) is 16.5. The Morgan fingerprint density at radius 1 is 1.38 bits per heavy atom. The number of hydrogen-bond acceptors (Lipinski definition) is 4. The number of likely N-dealkylation sites (tertiary alicyclic amines) is 1. The van der Waals surface area contributed by atoms with Crippen molar-refractivity contribution in [3.05, 3.63) is 35.9 Å². The van der Waals surface area contributed by atoms with E-state index >= 15 is 0 Å². The van der Waals surface area contributed by atoms with Gasteiger partial charge in [-0.1, -0.05) is 5.21 Å². The second-order valence-corrected chi connectivity index (χ2v) is 6.85. The van der Waals surface area contributed by atoms with Crippen molar-refractivity contribution < 1.29 is 9.53 Å². The molecule has 1 saturated carbocycles. The van der Waals surface area contributed by atoms with E-state index in [0.29, 0.717) is 13.2 Å². The molecule has 0 aromatic carbocycles. The summed E-state index contributed by atoms with van der Waals surface area (Å²) in [6.45, 7) is 2.78. The van der Waals surface area contributed by atoms with Crippen LogP contribution in [0.5, 0.6) is 0 Å². The number of amides is 1. The van der Waals surface area contributed by atoms with Gasteiger partial charge in [0.2, 0.25) is 0 Å². The first kappa shape index (κ1) is 15.4. The summed E-state index contributed by atoms with van der Waals surface area (Å²) in [5, 5.41) is 8.42. The third kappa shape index (κ3) is 3.21. The Morgan fingerprint density at radius 3 is 3.00 bits per heavy atom. The van der Waals surface area contributed by atoms with Crippen LogP contribution >= 0.6 is 0 Å². The van der Waals surface area contributed by atoms with Crippen LogP contribution in [0.2, 0.25) is 0 Å². The molecule has 0 spiro atoms. The topological polar surface area (TPSA) is 65.2 Å². The smallest absolute Gasteiger partial charge is 0.270 e. The van der Waals surface area contributed by atoms with Crippen LogP contribution in [-0.2, 0) is 18.4 Å². The first-order valence-electron chi connectivity index (χ1n) is 8.60. The molecule has 0 N–H and O–H groups in total. The van der Waals surface area contributed by atoms with Crippen LogP contribution in [-0.4, -0.2) is 50.1 Å². The average molecular weight is 329 g/mol. The second-order valence-electron chi connectivity index (χ2n) is 6.85. The number of nitrogens with zero attached hydrogens (tertiary/aromatic N) is 5. The van der Waals surface area contributed by atoms with Gasteiger partial charge in [-0.05, 0) is 37.3 Å². The molecule has 7 heteroatoms. The molecule has 3 heterocycles. The summed E-state index contributed by atoms with van der Waals surface area (Å²) in [6, 6.07) is 3.95. The number of carbonyl (C=O) groups excluding carboxylic acids is 1. The lowest BCUT2D eigenvalue weighted by Gasteiger charge is -2.16. The fourth-order valence-corrected chi connectivity index (χ4v) is 3.16. The Bertz CT molecular complexity index is 718. The maximum atomic E-state index is 12.6. The molecule has 1 saturated heterocycles. The van der Waals surface area contributed by atoms with Crippen molar-refractivity contribution in [1.29, 1.82) is 0 Å². The highest BCUT2D eigenvalue weighted by Crippen LogP contribution is 2.29. The number of aryl methyl sites for hydroxylation is 1. The SMILES string of the molecule is Cn1cccc1C(=O)N1CCC(n2cc(COCC3CC3)nn2)C1. The van der Waals surface area contributed by atoms with Crippen LogP contribution in [0.3, 0.4) is 0 Å². The van der Waals surface area contributed by atoms with Crippen molar-refractivity contribution in [3.8, 4) is 0 Å². The summed E-state index contributed by atoms with van der Waals surface area (Å²) < 4.78 is 9.40. The van der Waals surface area contributed by atoms with E-state index in [0.717, 1.165) is 36.9 Å². The Labute approximate surface area is 141 Å². The van der Waals surface area contributed by atoms with Gasteiger partial charge in [0.15, 0.2) is 0 Å². The van der Waals surface area contributed by atoms with Gasteiger partial charge in [0.25, 0.3) is 5.91 Å². The van der Waals surface area contributed by atoms with Crippen molar-refractivity contribution in [2.24, 2.45) is 13.0 Å². The fourth-order valence-electron chi connectivity index (χ4n) is 3.16. The number of rotatable bonds is 6. The van der Waals surface area contributed by atoms with Crippen LogP contribution < -0.4 is 0 Å². The van der Waals surface area contributed by atoms with Gasteiger partial charge in [-0.15, -0.1) is 5.10 Å². The summed E-state index contributed by atoms with van der Waals surface area (Å²) in [6.07, 6.45) is 7.33. The fraction of sp³-hybridized carbons (Fsp3) is 0.588. The van der Waals surface area contributed by atoms with Gasteiger partial charge >= 0.3 is 0 Å². The molecule has 1 aliphatic carbocycles. The van der Waals surface area contributed by atoms with Gasteiger partial charge in [0, 0.05) is 32.9 Å². The van der Waals surface area contributed by atoms with Gasteiger partial charge in [-0.2, -0.15) is 0 Å². The van der Waals surface area contributed by atoms with E-state index in [1.807, 2.05) is 45.7 Å². The van der Waals surface area contributed by atoms with Crippen molar-refractivity contribution in [2.75, 3.05) is 19.7 Å². The van der Waals surface area contributed by atoms with Crippen molar-refractivity contribution >= 4 is 5.91 Å². The molecule has 4 rings (SSSR count). The van der Waals surface area contributed by atoms with Crippen LogP contribution in [0.1, 0.15) is 41.5 Å². The van der Waals surface area contributed by atoms with Crippen LogP contribution in [0, 0.1) is 5.92 Å². The average Bonchev–Trinajstić information content (AvgIpc) is 2.98. The van der Waals surface area contributed by atoms with Crippen molar-refractivity contribution in [2.45, 2.75) is 31.9 Å². The normalized spacial score (nSPS) is 20.7. The molecular weight excluding hydrogens is 306 g/mol. The largest absolute Gasteiger partial charge is 0.375 e. The first-order chi connectivity index (χ1) is 11.7. The lowest BCUT2D eigenvalue weighted by Crippen LogP contribution is -2.30. The second kappa shape index (κ2) is 6.39. The summed E-state index contributed by atoms with van der Waals surface area (Å²) in [7, 11) is 1.89. The molecule has 2 aromatic heterocycles. The van der Waals surface area contributed by atoms with E-state index in [-0.39, 0.29) is 11.9 Å². The highest BCUT2D eigenvalue weighted by atomic mass is 16.5. The Kier molecular flexibility index (Phi) is 4.10. The highest BCUT2D eigenvalue weighted by molar-refractivity contribution is 5.92. The number of hydrogen-bond donors (Lipinski definition) is 0. The molecule has 0 radical (unpaired) electrons. The molecule has 1 amide bonds. The first-order valence-corrected chi connectivity index (χ1v) is 8.60. The number of aromatic nitrogens is 4. The molecule has 1 aliphatic heterocycles. The Balaban J connectivity index is 1.33. The predicted octanol–water partition coefficient (Wildman–Crippen LogP) is 1.63. The summed E-state index contributed by atoms with van der Waals surface area (Å²) in [5.41, 5.74) is 1.59. The molecule has 1 unspecified atom stereocenters. The minimum atomic E-state index is 0.0816. The zero-order valence-corrected chi connectivity index (χ0v) is 14.0. The maximum Gasteiger partial charge on any atom is 0.270 e. The third-order valence-electron chi connectivity index (χ3n) is 4.85. The zero-order valence-electron chi connectivity index (χ0n) is 14.0. The summed E-state index contributed by atoms with van der Waals surface area (Å²) in [5.74, 6) is 0.838. The molecular formula is C17H23N5O2. The van der Waals surface area contributed by atoms with Crippen LogP contribution in [0.25, 0.3) is 0 Å². The monoisotopic (exact) mass is 329 g/mol. The van der Waals surface area contributed by atoms with E-state index < -0.39 is 0 Å². The maximum absolute atomic E-state index is 12.6. The van der Waals surface area contributed by atoms with Crippen molar-refractivity contribution in [3.63, 3.8) is 0 Å². The van der Waals surface area contributed by atoms with E-state index in [1.165, 1.54) is 12.8 Å². The molecule has 24 heavy (non-hydrogen) atoms. The van der Waals surface area contributed by atoms with Gasteiger partial charge < -0.3 is 14.2 Å². The van der Waals surface area contributed by atoms with Gasteiger partial charge in [-0.3, -0.25) is 4.79 Å².